The lowest BCUT2D eigenvalue weighted by Gasteiger charge is -2.32. The summed E-state index contributed by atoms with van der Waals surface area (Å²) in [6, 6.07) is 5.27. The molecular formula is C15H24FN3. The predicted molar refractivity (Wildman–Crippen MR) is 76.8 cm³/mol. The van der Waals surface area contributed by atoms with Crippen molar-refractivity contribution in [1.82, 2.24) is 15.1 Å². The van der Waals surface area contributed by atoms with Gasteiger partial charge >= 0.3 is 0 Å². The second kappa shape index (κ2) is 6.98. The third-order valence-corrected chi connectivity index (χ3v) is 3.72. The Hall–Kier alpha value is -0.970. The van der Waals surface area contributed by atoms with Gasteiger partial charge < -0.3 is 10.2 Å². The van der Waals surface area contributed by atoms with E-state index in [1.807, 2.05) is 19.1 Å². The highest BCUT2D eigenvalue weighted by atomic mass is 19.1. The van der Waals surface area contributed by atoms with Crippen LogP contribution < -0.4 is 5.32 Å². The Kier molecular flexibility index (Phi) is 5.31. The number of benzene rings is 1. The molecule has 19 heavy (non-hydrogen) atoms. The SMILES string of the molecule is Cc1ccc(F)c(CNCCN2CCN(C)CC2)c1. The number of nitrogens with zero attached hydrogens (tertiary/aromatic N) is 2. The summed E-state index contributed by atoms with van der Waals surface area (Å²) in [4.78, 5) is 4.81. The molecule has 0 saturated carbocycles. The molecule has 1 saturated heterocycles. The van der Waals surface area contributed by atoms with Gasteiger partial charge in [0.15, 0.2) is 0 Å². The molecular weight excluding hydrogens is 241 g/mol. The Bertz CT molecular complexity index is 400. The molecule has 3 nitrogen and oxygen atoms in total. The summed E-state index contributed by atoms with van der Waals surface area (Å²) in [6.45, 7) is 9.12. The molecule has 0 radical (unpaired) electrons. The van der Waals surface area contributed by atoms with Gasteiger partial charge in [-0.2, -0.15) is 0 Å². The molecule has 4 heteroatoms. The average Bonchev–Trinajstić information content (AvgIpc) is 2.40. The van der Waals surface area contributed by atoms with Crippen molar-refractivity contribution in [3.8, 4) is 0 Å². The normalized spacial score (nSPS) is 17.8. The lowest BCUT2D eigenvalue weighted by molar-refractivity contribution is 0.154. The zero-order valence-electron chi connectivity index (χ0n) is 12.0. The van der Waals surface area contributed by atoms with Crippen molar-refractivity contribution in [2.75, 3.05) is 46.3 Å². The highest BCUT2D eigenvalue weighted by molar-refractivity contribution is 5.23. The summed E-state index contributed by atoms with van der Waals surface area (Å²) in [7, 11) is 2.16. The first-order valence-corrected chi connectivity index (χ1v) is 7.02. The number of likely N-dealkylation sites (N-methyl/N-ethyl adjacent to an activating group) is 1. The van der Waals surface area contributed by atoms with E-state index in [2.05, 4.69) is 22.2 Å². The summed E-state index contributed by atoms with van der Waals surface area (Å²) in [5.74, 6) is -0.113. The fourth-order valence-corrected chi connectivity index (χ4v) is 2.37. The first-order chi connectivity index (χ1) is 9.15. The number of piperazine rings is 1. The van der Waals surface area contributed by atoms with Crippen LogP contribution in [0.25, 0.3) is 0 Å². The Labute approximate surface area is 115 Å². The van der Waals surface area contributed by atoms with Crippen LogP contribution >= 0.6 is 0 Å². The van der Waals surface area contributed by atoms with Crippen molar-refractivity contribution in [2.45, 2.75) is 13.5 Å². The van der Waals surface area contributed by atoms with Crippen LogP contribution in [0.3, 0.4) is 0 Å². The minimum Gasteiger partial charge on any atom is -0.311 e. The number of rotatable bonds is 5. The minimum atomic E-state index is -0.113. The molecule has 2 rings (SSSR count). The second-order valence-electron chi connectivity index (χ2n) is 5.42. The maximum absolute atomic E-state index is 13.5. The number of halogens is 1. The molecule has 0 aromatic heterocycles. The summed E-state index contributed by atoms with van der Waals surface area (Å²) in [6.07, 6.45) is 0. The van der Waals surface area contributed by atoms with Gasteiger partial charge in [-0.25, -0.2) is 4.39 Å². The van der Waals surface area contributed by atoms with Crippen molar-refractivity contribution < 1.29 is 4.39 Å². The molecule has 1 aliphatic heterocycles. The van der Waals surface area contributed by atoms with Crippen molar-refractivity contribution in [2.24, 2.45) is 0 Å². The van der Waals surface area contributed by atoms with Crippen LogP contribution in [0.15, 0.2) is 18.2 Å². The van der Waals surface area contributed by atoms with Crippen LogP contribution in [-0.2, 0) is 6.54 Å². The average molecular weight is 265 g/mol. The summed E-state index contributed by atoms with van der Waals surface area (Å²) >= 11 is 0. The Morgan fingerprint density at radius 1 is 1.21 bits per heavy atom. The highest BCUT2D eigenvalue weighted by Crippen LogP contribution is 2.09. The van der Waals surface area contributed by atoms with Gasteiger partial charge in [-0.15, -0.1) is 0 Å². The lowest BCUT2D eigenvalue weighted by atomic mass is 10.1. The van der Waals surface area contributed by atoms with Gasteiger partial charge in [-0.1, -0.05) is 17.7 Å². The molecule has 0 unspecified atom stereocenters. The molecule has 0 amide bonds. The maximum atomic E-state index is 13.5. The largest absolute Gasteiger partial charge is 0.311 e. The van der Waals surface area contributed by atoms with Crippen molar-refractivity contribution in [3.63, 3.8) is 0 Å². The topological polar surface area (TPSA) is 18.5 Å². The molecule has 0 bridgehead atoms. The van der Waals surface area contributed by atoms with Crippen LogP contribution in [0, 0.1) is 12.7 Å². The van der Waals surface area contributed by atoms with Gasteiger partial charge in [0.1, 0.15) is 5.82 Å². The molecule has 1 aromatic rings. The molecule has 1 heterocycles. The Balaban J connectivity index is 1.68. The van der Waals surface area contributed by atoms with Gasteiger partial charge in [0.2, 0.25) is 0 Å². The smallest absolute Gasteiger partial charge is 0.127 e. The van der Waals surface area contributed by atoms with Gasteiger partial charge in [0, 0.05) is 51.4 Å². The molecule has 1 aromatic carbocycles. The van der Waals surface area contributed by atoms with Crippen molar-refractivity contribution in [3.05, 3.63) is 35.1 Å². The van der Waals surface area contributed by atoms with E-state index in [4.69, 9.17) is 0 Å². The zero-order chi connectivity index (χ0) is 13.7. The summed E-state index contributed by atoms with van der Waals surface area (Å²) in [5, 5.41) is 3.33. The number of hydrogen-bond acceptors (Lipinski definition) is 3. The van der Waals surface area contributed by atoms with Gasteiger partial charge in [0.05, 0.1) is 0 Å². The molecule has 1 N–H and O–H groups in total. The monoisotopic (exact) mass is 265 g/mol. The van der Waals surface area contributed by atoms with Gasteiger partial charge in [0.25, 0.3) is 0 Å². The third-order valence-electron chi connectivity index (χ3n) is 3.72. The first-order valence-electron chi connectivity index (χ1n) is 7.02. The molecule has 1 aliphatic rings. The molecule has 0 spiro atoms. The molecule has 0 atom stereocenters. The van der Waals surface area contributed by atoms with Gasteiger partial charge in [-0.3, -0.25) is 4.90 Å². The van der Waals surface area contributed by atoms with E-state index in [1.54, 1.807) is 6.07 Å². The summed E-state index contributed by atoms with van der Waals surface area (Å²) in [5.41, 5.74) is 1.87. The summed E-state index contributed by atoms with van der Waals surface area (Å²) < 4.78 is 13.5. The lowest BCUT2D eigenvalue weighted by Crippen LogP contribution is -2.46. The Morgan fingerprint density at radius 2 is 1.95 bits per heavy atom. The number of nitrogens with one attached hydrogen (secondary N) is 1. The van der Waals surface area contributed by atoms with Crippen LogP contribution in [-0.4, -0.2) is 56.1 Å². The van der Waals surface area contributed by atoms with E-state index in [-0.39, 0.29) is 5.82 Å². The quantitative estimate of drug-likeness (QED) is 0.813. The molecule has 0 aliphatic carbocycles. The first kappa shape index (κ1) is 14.4. The van der Waals surface area contributed by atoms with Gasteiger partial charge in [-0.05, 0) is 20.0 Å². The van der Waals surface area contributed by atoms with Crippen LogP contribution in [0.5, 0.6) is 0 Å². The van der Waals surface area contributed by atoms with Crippen molar-refractivity contribution >= 4 is 0 Å². The van der Waals surface area contributed by atoms with E-state index in [0.717, 1.165) is 50.4 Å². The second-order valence-corrected chi connectivity index (χ2v) is 5.42. The fraction of sp³-hybridized carbons (Fsp3) is 0.600. The highest BCUT2D eigenvalue weighted by Gasteiger charge is 2.12. The number of aryl methyl sites for hydroxylation is 1. The number of hydrogen-bond donors (Lipinski definition) is 1. The van der Waals surface area contributed by atoms with E-state index < -0.39 is 0 Å². The fourth-order valence-electron chi connectivity index (χ4n) is 2.37. The third kappa shape index (κ3) is 4.56. The predicted octanol–water partition coefficient (Wildman–Crippen LogP) is 1.47. The Morgan fingerprint density at radius 3 is 2.68 bits per heavy atom. The van der Waals surface area contributed by atoms with E-state index >= 15 is 0 Å². The standard InChI is InChI=1S/C15H24FN3/c1-13-3-4-15(16)14(11-13)12-17-5-6-19-9-7-18(2)8-10-19/h3-4,11,17H,5-10,12H2,1-2H3. The van der Waals surface area contributed by atoms with E-state index in [1.165, 1.54) is 0 Å². The van der Waals surface area contributed by atoms with Crippen molar-refractivity contribution in [1.29, 1.82) is 0 Å². The van der Waals surface area contributed by atoms with Crippen LogP contribution in [0.2, 0.25) is 0 Å². The van der Waals surface area contributed by atoms with Crippen LogP contribution in [0.4, 0.5) is 4.39 Å². The van der Waals surface area contributed by atoms with E-state index in [0.29, 0.717) is 6.54 Å². The maximum Gasteiger partial charge on any atom is 0.127 e. The van der Waals surface area contributed by atoms with Crippen LogP contribution in [0.1, 0.15) is 11.1 Å². The molecule has 1 fully saturated rings. The zero-order valence-corrected chi connectivity index (χ0v) is 12.0. The van der Waals surface area contributed by atoms with E-state index in [9.17, 15) is 4.39 Å². The molecule has 106 valence electrons. The minimum absolute atomic E-state index is 0.113.